The molecule has 0 aromatic heterocycles. The fraction of sp³-hybridized carbons (Fsp3) is 0.174. The molecule has 31 heavy (non-hydrogen) atoms. The highest BCUT2D eigenvalue weighted by atomic mass is 79.9. The molecule has 3 aromatic carbocycles. The van der Waals surface area contributed by atoms with Gasteiger partial charge in [-0.25, -0.2) is 0 Å². The van der Waals surface area contributed by atoms with E-state index in [1.165, 1.54) is 0 Å². The molecule has 0 bridgehead atoms. The van der Waals surface area contributed by atoms with E-state index < -0.39 is 18.5 Å². The van der Waals surface area contributed by atoms with Gasteiger partial charge in [0.1, 0.15) is 0 Å². The molecule has 0 aliphatic carbocycles. The highest BCUT2D eigenvalue weighted by Crippen LogP contribution is 2.25. The van der Waals surface area contributed by atoms with Crippen LogP contribution in [-0.2, 0) is 19.1 Å². The second kappa shape index (κ2) is 10.9. The highest BCUT2D eigenvalue weighted by Gasteiger charge is 2.11. The molecule has 0 atom stereocenters. The molecular formula is C23H20BrClN2O4. The van der Waals surface area contributed by atoms with Crippen molar-refractivity contribution in [3.05, 3.63) is 70.2 Å². The number of carbonyl (C=O) groups is 3. The molecule has 0 aliphatic heterocycles. The Bertz CT molecular complexity index is 1110. The van der Waals surface area contributed by atoms with Gasteiger partial charge >= 0.3 is 5.97 Å². The fourth-order valence-electron chi connectivity index (χ4n) is 2.94. The summed E-state index contributed by atoms with van der Waals surface area (Å²) in [6.45, 7) is -0.423. The third kappa shape index (κ3) is 6.80. The van der Waals surface area contributed by atoms with Crippen molar-refractivity contribution in [3.8, 4) is 0 Å². The van der Waals surface area contributed by atoms with Gasteiger partial charge in [-0.15, -0.1) is 0 Å². The first-order valence-corrected chi connectivity index (χ1v) is 10.8. The lowest BCUT2D eigenvalue weighted by Crippen LogP contribution is -2.21. The van der Waals surface area contributed by atoms with Crippen molar-refractivity contribution < 1.29 is 19.1 Å². The van der Waals surface area contributed by atoms with Crippen molar-refractivity contribution in [2.45, 2.75) is 19.3 Å². The van der Waals surface area contributed by atoms with E-state index in [0.29, 0.717) is 17.1 Å². The number of nitrogens with one attached hydrogen (secondary N) is 2. The largest absolute Gasteiger partial charge is 0.456 e. The third-order valence-corrected chi connectivity index (χ3v) is 5.22. The molecular weight excluding hydrogens is 484 g/mol. The Labute approximate surface area is 193 Å². The number of esters is 1. The van der Waals surface area contributed by atoms with Crippen LogP contribution >= 0.6 is 27.5 Å². The highest BCUT2D eigenvalue weighted by molar-refractivity contribution is 9.10. The molecule has 0 heterocycles. The van der Waals surface area contributed by atoms with Gasteiger partial charge in [0.05, 0.1) is 10.7 Å². The molecule has 3 rings (SSSR count). The standard InChI is InChI=1S/C23H20BrClN2O4/c24-16-11-12-20(18(25)13-16)27-22(29)14-31-23(30)10-4-9-21(28)26-19-8-3-6-15-5-1-2-7-17(15)19/h1-3,5-8,11-13H,4,9-10,14H2,(H,26,28)(H,27,29). The first-order chi connectivity index (χ1) is 14.9. The van der Waals surface area contributed by atoms with Gasteiger partial charge in [-0.3, -0.25) is 14.4 Å². The van der Waals surface area contributed by atoms with E-state index in [4.69, 9.17) is 16.3 Å². The summed E-state index contributed by atoms with van der Waals surface area (Å²) in [6.07, 6.45) is 0.518. The number of anilines is 2. The van der Waals surface area contributed by atoms with Crippen LogP contribution in [0.4, 0.5) is 11.4 Å². The molecule has 2 N–H and O–H groups in total. The predicted molar refractivity (Wildman–Crippen MR) is 125 cm³/mol. The fourth-order valence-corrected chi connectivity index (χ4v) is 3.66. The van der Waals surface area contributed by atoms with Crippen LogP contribution in [0.15, 0.2) is 65.1 Å². The van der Waals surface area contributed by atoms with E-state index in [2.05, 4.69) is 26.6 Å². The number of halogens is 2. The Kier molecular flexibility index (Phi) is 8.03. The van der Waals surface area contributed by atoms with Crippen LogP contribution in [0.3, 0.4) is 0 Å². The summed E-state index contributed by atoms with van der Waals surface area (Å²) in [6, 6.07) is 18.5. The molecule has 8 heteroatoms. The van der Waals surface area contributed by atoms with Crippen LogP contribution < -0.4 is 10.6 Å². The van der Waals surface area contributed by atoms with Gasteiger partial charge in [0.25, 0.3) is 5.91 Å². The first kappa shape index (κ1) is 22.8. The number of benzene rings is 3. The molecule has 0 spiro atoms. The lowest BCUT2D eigenvalue weighted by Gasteiger charge is -2.09. The Balaban J connectivity index is 1.38. The van der Waals surface area contributed by atoms with Crippen LogP contribution in [0.1, 0.15) is 19.3 Å². The number of rotatable bonds is 8. The van der Waals surface area contributed by atoms with Gasteiger partial charge in [0.2, 0.25) is 5.91 Å². The molecule has 0 aliphatic rings. The molecule has 6 nitrogen and oxygen atoms in total. The smallest absolute Gasteiger partial charge is 0.306 e. The molecule has 3 aromatic rings. The molecule has 0 fully saturated rings. The van der Waals surface area contributed by atoms with Crippen molar-refractivity contribution in [3.63, 3.8) is 0 Å². The van der Waals surface area contributed by atoms with Gasteiger partial charge < -0.3 is 15.4 Å². The normalized spacial score (nSPS) is 10.5. The van der Waals surface area contributed by atoms with E-state index in [9.17, 15) is 14.4 Å². The van der Waals surface area contributed by atoms with E-state index in [1.807, 2.05) is 42.5 Å². The zero-order chi connectivity index (χ0) is 22.2. The molecule has 0 radical (unpaired) electrons. The number of hydrogen-bond donors (Lipinski definition) is 2. The second-order valence-corrected chi connectivity index (χ2v) is 8.08. The summed E-state index contributed by atoms with van der Waals surface area (Å²) < 4.78 is 5.75. The molecule has 0 saturated carbocycles. The van der Waals surface area contributed by atoms with Crippen molar-refractivity contribution in [1.82, 2.24) is 0 Å². The first-order valence-electron chi connectivity index (χ1n) is 9.60. The number of ether oxygens (including phenoxy) is 1. The van der Waals surface area contributed by atoms with Gasteiger partial charge in [-0.2, -0.15) is 0 Å². The van der Waals surface area contributed by atoms with Crippen molar-refractivity contribution in [2.24, 2.45) is 0 Å². The monoisotopic (exact) mass is 502 g/mol. The topological polar surface area (TPSA) is 84.5 Å². The number of carbonyl (C=O) groups excluding carboxylic acids is 3. The van der Waals surface area contributed by atoms with Gasteiger partial charge in [0.15, 0.2) is 6.61 Å². The Morgan fingerprint density at radius 1 is 0.871 bits per heavy atom. The Hall–Kier alpha value is -2.90. The van der Waals surface area contributed by atoms with E-state index in [0.717, 1.165) is 20.9 Å². The molecule has 2 amide bonds. The van der Waals surface area contributed by atoms with Crippen LogP contribution in [0.5, 0.6) is 0 Å². The molecule has 160 valence electrons. The maximum Gasteiger partial charge on any atom is 0.306 e. The summed E-state index contributed by atoms with van der Waals surface area (Å²) in [4.78, 5) is 36.0. The lowest BCUT2D eigenvalue weighted by molar-refractivity contribution is -0.147. The minimum absolute atomic E-state index is 0.0370. The lowest BCUT2D eigenvalue weighted by atomic mass is 10.1. The SMILES string of the molecule is O=C(COC(=O)CCCC(=O)Nc1cccc2ccccc12)Nc1ccc(Br)cc1Cl. The van der Waals surface area contributed by atoms with Gasteiger partial charge in [-0.1, -0.05) is 63.9 Å². The zero-order valence-electron chi connectivity index (χ0n) is 16.5. The number of amides is 2. The zero-order valence-corrected chi connectivity index (χ0v) is 18.8. The molecule has 0 unspecified atom stereocenters. The second-order valence-electron chi connectivity index (χ2n) is 6.76. The summed E-state index contributed by atoms with van der Waals surface area (Å²) in [7, 11) is 0. The van der Waals surface area contributed by atoms with Crippen LogP contribution in [0.25, 0.3) is 10.8 Å². The number of fused-ring (bicyclic) bond motifs is 1. The maximum atomic E-state index is 12.2. The van der Waals surface area contributed by atoms with Gasteiger partial charge in [0, 0.05) is 28.4 Å². The predicted octanol–water partition coefficient (Wildman–Crippen LogP) is 5.55. The summed E-state index contributed by atoms with van der Waals surface area (Å²) in [5.74, 6) is -1.23. The van der Waals surface area contributed by atoms with Crippen molar-refractivity contribution in [2.75, 3.05) is 17.2 Å². The minimum Gasteiger partial charge on any atom is -0.456 e. The van der Waals surface area contributed by atoms with Crippen molar-refractivity contribution in [1.29, 1.82) is 0 Å². The Morgan fingerprint density at radius 3 is 2.42 bits per heavy atom. The van der Waals surface area contributed by atoms with Crippen LogP contribution in [0.2, 0.25) is 5.02 Å². The Morgan fingerprint density at radius 2 is 1.61 bits per heavy atom. The summed E-state index contributed by atoms with van der Waals surface area (Å²) in [5.41, 5.74) is 1.16. The average molecular weight is 504 g/mol. The van der Waals surface area contributed by atoms with Crippen LogP contribution in [0, 0.1) is 0 Å². The third-order valence-electron chi connectivity index (χ3n) is 4.42. The van der Waals surface area contributed by atoms with E-state index in [-0.39, 0.29) is 18.7 Å². The molecule has 0 saturated heterocycles. The number of hydrogen-bond acceptors (Lipinski definition) is 4. The summed E-state index contributed by atoms with van der Waals surface area (Å²) >= 11 is 9.31. The van der Waals surface area contributed by atoms with Gasteiger partial charge in [-0.05, 0) is 36.1 Å². The van der Waals surface area contributed by atoms with E-state index in [1.54, 1.807) is 18.2 Å². The maximum absolute atomic E-state index is 12.2. The minimum atomic E-state index is -0.546. The van der Waals surface area contributed by atoms with E-state index >= 15 is 0 Å². The van der Waals surface area contributed by atoms with Crippen LogP contribution in [-0.4, -0.2) is 24.4 Å². The van der Waals surface area contributed by atoms with Crippen molar-refractivity contribution >= 4 is 67.5 Å². The average Bonchev–Trinajstić information content (AvgIpc) is 2.74. The summed E-state index contributed by atoms with van der Waals surface area (Å²) in [5, 5.41) is 7.80. The quantitative estimate of drug-likeness (QED) is 0.395.